The average molecular weight is 323 g/mol. The Bertz CT molecular complexity index is 824. The van der Waals surface area contributed by atoms with Gasteiger partial charge >= 0.3 is 0 Å². The van der Waals surface area contributed by atoms with Crippen LogP contribution in [0.5, 0.6) is 0 Å². The molecule has 1 heterocycles. The Labute approximate surface area is 139 Å². The second kappa shape index (κ2) is 6.71. The summed E-state index contributed by atoms with van der Waals surface area (Å²) in [5, 5.41) is 0.939. The Kier molecular flexibility index (Phi) is 4.48. The van der Waals surface area contributed by atoms with Crippen LogP contribution < -0.4 is 5.73 Å². The summed E-state index contributed by atoms with van der Waals surface area (Å²) in [7, 11) is 0. The predicted molar refractivity (Wildman–Crippen MR) is 92.8 cm³/mol. The zero-order chi connectivity index (χ0) is 16.2. The van der Waals surface area contributed by atoms with E-state index in [2.05, 4.69) is 34.7 Å². The summed E-state index contributed by atoms with van der Waals surface area (Å²) in [4.78, 5) is 15.5. The lowest BCUT2D eigenvalue weighted by molar-refractivity contribution is 0.100. The summed E-state index contributed by atoms with van der Waals surface area (Å²) < 4.78 is 2.08. The molecule has 0 saturated carbocycles. The molecule has 3 rings (SSSR count). The molecule has 0 atom stereocenters. The average Bonchev–Trinajstić information content (AvgIpc) is 3.02. The molecule has 2 aromatic carbocycles. The molecule has 0 bridgehead atoms. The highest BCUT2D eigenvalue weighted by Gasteiger charge is 2.07. The fourth-order valence-corrected chi connectivity index (χ4v) is 3.21. The van der Waals surface area contributed by atoms with Gasteiger partial charge < -0.3 is 5.73 Å². The number of carbonyl (C=O) groups is 1. The zero-order valence-corrected chi connectivity index (χ0v) is 13.6. The first-order valence-corrected chi connectivity index (χ1v) is 8.24. The number of carbonyl (C=O) groups excluding carboxylic acids is 1. The predicted octanol–water partition coefficient (Wildman–Crippen LogP) is 3.57. The Morgan fingerprint density at radius 1 is 1.22 bits per heavy atom. The van der Waals surface area contributed by atoms with E-state index in [0.717, 1.165) is 22.2 Å². The van der Waals surface area contributed by atoms with E-state index in [1.165, 1.54) is 5.56 Å². The first-order valence-electron chi connectivity index (χ1n) is 7.25. The van der Waals surface area contributed by atoms with Crippen LogP contribution in [-0.2, 0) is 5.75 Å². The van der Waals surface area contributed by atoms with Crippen LogP contribution >= 0.6 is 11.8 Å². The molecule has 0 aliphatic rings. The normalized spacial score (nSPS) is 10.7. The fraction of sp³-hybridized carbons (Fsp3) is 0.111. The second-order valence-corrected chi connectivity index (χ2v) is 6.21. The summed E-state index contributed by atoms with van der Waals surface area (Å²) >= 11 is 1.66. The molecule has 0 saturated heterocycles. The smallest absolute Gasteiger partial charge is 0.248 e. The van der Waals surface area contributed by atoms with E-state index in [1.54, 1.807) is 30.1 Å². The van der Waals surface area contributed by atoms with E-state index >= 15 is 0 Å². The number of primary amides is 1. The third-order valence-electron chi connectivity index (χ3n) is 3.49. The summed E-state index contributed by atoms with van der Waals surface area (Å²) in [6, 6.07) is 15.7. The molecule has 1 amide bonds. The molecular weight excluding hydrogens is 306 g/mol. The minimum atomic E-state index is -0.404. The molecule has 23 heavy (non-hydrogen) atoms. The summed E-state index contributed by atoms with van der Waals surface area (Å²) in [5.41, 5.74) is 9.23. The lowest BCUT2D eigenvalue weighted by atomic mass is 10.1. The van der Waals surface area contributed by atoms with E-state index in [4.69, 9.17) is 5.73 Å². The number of nitrogens with two attached hydrogens (primary N) is 1. The van der Waals surface area contributed by atoms with Crippen LogP contribution in [0.4, 0.5) is 0 Å². The molecule has 0 spiro atoms. The number of rotatable bonds is 5. The van der Waals surface area contributed by atoms with Gasteiger partial charge in [-0.15, -0.1) is 0 Å². The van der Waals surface area contributed by atoms with Crippen molar-refractivity contribution in [2.24, 2.45) is 5.73 Å². The number of thioether (sulfide) groups is 1. The minimum Gasteiger partial charge on any atom is -0.366 e. The van der Waals surface area contributed by atoms with Crippen LogP contribution in [0.3, 0.4) is 0 Å². The maximum atomic E-state index is 11.1. The first-order chi connectivity index (χ1) is 11.1. The molecular formula is C18H17N3OS. The van der Waals surface area contributed by atoms with Gasteiger partial charge in [-0.1, -0.05) is 36.0 Å². The van der Waals surface area contributed by atoms with Gasteiger partial charge in [-0.3, -0.25) is 9.36 Å². The number of hydrogen-bond donors (Lipinski definition) is 1. The standard InChI is InChI=1S/C18H17N3OS/c1-13-3-2-4-16(11-13)21-10-9-20-18(21)23-12-14-5-7-15(8-6-14)17(19)22/h2-11H,12H2,1H3,(H2,19,22). The molecule has 5 heteroatoms. The Hall–Kier alpha value is -2.53. The summed E-state index contributed by atoms with van der Waals surface area (Å²) in [5.74, 6) is 0.376. The van der Waals surface area contributed by atoms with E-state index in [-0.39, 0.29) is 0 Å². The van der Waals surface area contributed by atoms with Crippen molar-refractivity contribution >= 4 is 17.7 Å². The van der Waals surface area contributed by atoms with Crippen LogP contribution in [0.25, 0.3) is 5.69 Å². The van der Waals surface area contributed by atoms with Gasteiger partial charge in [-0.05, 0) is 42.3 Å². The summed E-state index contributed by atoms with van der Waals surface area (Å²) in [6.07, 6.45) is 3.77. The van der Waals surface area contributed by atoms with Crippen molar-refractivity contribution in [1.82, 2.24) is 9.55 Å². The van der Waals surface area contributed by atoms with Crippen LogP contribution in [0.15, 0.2) is 66.1 Å². The fourth-order valence-electron chi connectivity index (χ4n) is 2.28. The van der Waals surface area contributed by atoms with Gasteiger partial charge in [0.05, 0.1) is 0 Å². The second-order valence-electron chi connectivity index (χ2n) is 5.27. The zero-order valence-electron chi connectivity index (χ0n) is 12.8. The Balaban J connectivity index is 1.74. The molecule has 116 valence electrons. The van der Waals surface area contributed by atoms with E-state index in [9.17, 15) is 4.79 Å². The van der Waals surface area contributed by atoms with Gasteiger partial charge in [0.1, 0.15) is 0 Å². The molecule has 2 N–H and O–H groups in total. The molecule has 3 aromatic rings. The van der Waals surface area contributed by atoms with Crippen molar-refractivity contribution in [1.29, 1.82) is 0 Å². The lowest BCUT2D eigenvalue weighted by Crippen LogP contribution is -2.10. The number of amides is 1. The third-order valence-corrected chi connectivity index (χ3v) is 4.53. The number of aromatic nitrogens is 2. The van der Waals surface area contributed by atoms with Crippen molar-refractivity contribution in [3.63, 3.8) is 0 Å². The molecule has 0 radical (unpaired) electrons. The van der Waals surface area contributed by atoms with Gasteiger partial charge in [0.25, 0.3) is 0 Å². The van der Waals surface area contributed by atoms with E-state index < -0.39 is 5.91 Å². The lowest BCUT2D eigenvalue weighted by Gasteiger charge is -2.08. The van der Waals surface area contributed by atoms with Crippen molar-refractivity contribution in [3.05, 3.63) is 77.6 Å². The molecule has 0 aliphatic heterocycles. The molecule has 4 nitrogen and oxygen atoms in total. The number of nitrogens with zero attached hydrogens (tertiary/aromatic N) is 2. The Morgan fingerprint density at radius 3 is 2.70 bits per heavy atom. The van der Waals surface area contributed by atoms with Gasteiger partial charge in [-0.2, -0.15) is 0 Å². The van der Waals surface area contributed by atoms with Crippen molar-refractivity contribution in [3.8, 4) is 5.69 Å². The Morgan fingerprint density at radius 2 is 2.00 bits per heavy atom. The quantitative estimate of drug-likeness (QED) is 0.730. The molecule has 0 unspecified atom stereocenters. The van der Waals surface area contributed by atoms with Gasteiger partial charge in [0, 0.05) is 29.4 Å². The van der Waals surface area contributed by atoms with E-state index in [0.29, 0.717) is 5.56 Å². The number of benzene rings is 2. The maximum Gasteiger partial charge on any atom is 0.248 e. The monoisotopic (exact) mass is 323 g/mol. The van der Waals surface area contributed by atoms with Crippen molar-refractivity contribution < 1.29 is 4.79 Å². The highest BCUT2D eigenvalue weighted by molar-refractivity contribution is 7.98. The SMILES string of the molecule is Cc1cccc(-n2ccnc2SCc2ccc(C(N)=O)cc2)c1. The van der Waals surface area contributed by atoms with Crippen molar-refractivity contribution in [2.75, 3.05) is 0 Å². The van der Waals surface area contributed by atoms with Crippen LogP contribution in [0.2, 0.25) is 0 Å². The van der Waals surface area contributed by atoms with Gasteiger partial charge in [0.2, 0.25) is 5.91 Å². The summed E-state index contributed by atoms with van der Waals surface area (Å²) in [6.45, 7) is 2.08. The molecule has 0 fully saturated rings. The number of imidazole rings is 1. The van der Waals surface area contributed by atoms with E-state index in [1.807, 2.05) is 24.4 Å². The molecule has 1 aromatic heterocycles. The van der Waals surface area contributed by atoms with Gasteiger partial charge in [-0.25, -0.2) is 4.98 Å². The minimum absolute atomic E-state index is 0.404. The van der Waals surface area contributed by atoms with Crippen molar-refractivity contribution in [2.45, 2.75) is 17.8 Å². The number of hydrogen-bond acceptors (Lipinski definition) is 3. The number of aryl methyl sites for hydroxylation is 1. The molecule has 0 aliphatic carbocycles. The largest absolute Gasteiger partial charge is 0.366 e. The van der Waals surface area contributed by atoms with Crippen LogP contribution in [0, 0.1) is 6.92 Å². The van der Waals surface area contributed by atoms with Crippen LogP contribution in [-0.4, -0.2) is 15.5 Å². The van der Waals surface area contributed by atoms with Crippen LogP contribution in [0.1, 0.15) is 21.5 Å². The topological polar surface area (TPSA) is 60.9 Å². The highest BCUT2D eigenvalue weighted by atomic mass is 32.2. The maximum absolute atomic E-state index is 11.1. The first kappa shape index (κ1) is 15.4. The van der Waals surface area contributed by atoms with Gasteiger partial charge in [0.15, 0.2) is 5.16 Å². The third kappa shape index (κ3) is 3.63. The highest BCUT2D eigenvalue weighted by Crippen LogP contribution is 2.24.